The minimum absolute atomic E-state index is 0.666. The Balaban J connectivity index is 1.89. The van der Waals surface area contributed by atoms with Gasteiger partial charge in [-0.3, -0.25) is 0 Å². The van der Waals surface area contributed by atoms with Crippen molar-refractivity contribution in [3.05, 3.63) is 69.3 Å². The molecule has 0 aliphatic rings. The number of para-hydroxylation sites is 1. The van der Waals surface area contributed by atoms with Crippen molar-refractivity contribution < 1.29 is 0 Å². The zero-order valence-corrected chi connectivity index (χ0v) is 16.8. The number of nitrogens with one attached hydrogen (secondary N) is 2. The highest BCUT2D eigenvalue weighted by Crippen LogP contribution is 2.29. The van der Waals surface area contributed by atoms with E-state index in [1.165, 1.54) is 22.2 Å². The van der Waals surface area contributed by atoms with Crippen molar-refractivity contribution in [1.82, 2.24) is 15.2 Å². The molecule has 0 aliphatic carbocycles. The molecule has 3 nitrogen and oxygen atoms in total. The average Bonchev–Trinajstić information content (AvgIpc) is 2.89. The van der Waals surface area contributed by atoms with Gasteiger partial charge in [0, 0.05) is 39.7 Å². The largest absolute Gasteiger partial charge is 0.340 e. The summed E-state index contributed by atoms with van der Waals surface area (Å²) >= 11 is 12.4. The zero-order valence-electron chi connectivity index (χ0n) is 15.3. The van der Waals surface area contributed by atoms with Crippen LogP contribution in [-0.4, -0.2) is 24.7 Å². The predicted molar refractivity (Wildman–Crippen MR) is 112 cm³/mol. The van der Waals surface area contributed by atoms with Crippen LogP contribution < -0.4 is 10.6 Å². The molecule has 0 radical (unpaired) electrons. The van der Waals surface area contributed by atoms with E-state index in [-0.39, 0.29) is 0 Å². The Bertz CT molecular complexity index is 886. The van der Waals surface area contributed by atoms with Crippen molar-refractivity contribution in [3.8, 4) is 0 Å². The molecule has 2 aromatic carbocycles. The topological polar surface area (TPSA) is 29.0 Å². The molecular formula is C21H25Cl2N3. The van der Waals surface area contributed by atoms with Gasteiger partial charge in [-0.05, 0) is 62.8 Å². The van der Waals surface area contributed by atoms with Crippen LogP contribution in [0.5, 0.6) is 0 Å². The summed E-state index contributed by atoms with van der Waals surface area (Å²) in [6, 6.07) is 14.3. The summed E-state index contributed by atoms with van der Waals surface area (Å²) in [6.07, 6.45) is 1.12. The van der Waals surface area contributed by atoms with Crippen molar-refractivity contribution in [2.45, 2.75) is 26.4 Å². The normalized spacial score (nSPS) is 11.4. The Morgan fingerprint density at radius 2 is 1.85 bits per heavy atom. The third kappa shape index (κ3) is 4.24. The van der Waals surface area contributed by atoms with E-state index in [0.717, 1.165) is 38.2 Å². The first-order valence-corrected chi connectivity index (χ1v) is 9.73. The van der Waals surface area contributed by atoms with Crippen LogP contribution in [0.2, 0.25) is 10.0 Å². The molecule has 3 aromatic rings. The van der Waals surface area contributed by atoms with Crippen molar-refractivity contribution in [2.75, 3.05) is 20.1 Å². The zero-order chi connectivity index (χ0) is 18.5. The van der Waals surface area contributed by atoms with Crippen molar-refractivity contribution in [2.24, 2.45) is 0 Å². The highest BCUT2D eigenvalue weighted by molar-refractivity contribution is 6.35. The SMILES string of the molecule is CNCCCNCc1c(C)n(Cc2ccc(Cl)cc2Cl)c2ccccc12. The fourth-order valence-corrected chi connectivity index (χ4v) is 3.82. The summed E-state index contributed by atoms with van der Waals surface area (Å²) < 4.78 is 2.34. The number of fused-ring (bicyclic) bond motifs is 1. The summed E-state index contributed by atoms with van der Waals surface area (Å²) in [5.74, 6) is 0. The van der Waals surface area contributed by atoms with Crippen LogP contribution in [0.4, 0.5) is 0 Å². The van der Waals surface area contributed by atoms with Crippen LogP contribution in [-0.2, 0) is 13.1 Å². The molecule has 2 N–H and O–H groups in total. The molecule has 0 atom stereocenters. The molecule has 0 saturated carbocycles. The van der Waals surface area contributed by atoms with Crippen LogP contribution >= 0.6 is 23.2 Å². The van der Waals surface area contributed by atoms with Gasteiger partial charge in [-0.15, -0.1) is 0 Å². The van der Waals surface area contributed by atoms with Gasteiger partial charge in [0.15, 0.2) is 0 Å². The van der Waals surface area contributed by atoms with Gasteiger partial charge in [0.1, 0.15) is 0 Å². The Kier molecular flexibility index (Phi) is 6.60. The molecule has 0 aliphatic heterocycles. The second-order valence-corrected chi connectivity index (χ2v) is 7.38. The van der Waals surface area contributed by atoms with Gasteiger partial charge in [-0.2, -0.15) is 0 Å². The monoisotopic (exact) mass is 389 g/mol. The van der Waals surface area contributed by atoms with Crippen LogP contribution in [0.15, 0.2) is 42.5 Å². The van der Waals surface area contributed by atoms with Crippen LogP contribution in [0.1, 0.15) is 23.2 Å². The first-order valence-electron chi connectivity index (χ1n) is 8.97. The van der Waals surface area contributed by atoms with Crippen LogP contribution in [0.3, 0.4) is 0 Å². The summed E-state index contributed by atoms with van der Waals surface area (Å²) in [5, 5.41) is 9.43. The lowest BCUT2D eigenvalue weighted by atomic mass is 10.1. The minimum Gasteiger partial charge on any atom is -0.340 e. The second-order valence-electron chi connectivity index (χ2n) is 6.54. The quantitative estimate of drug-likeness (QED) is 0.530. The molecule has 3 rings (SSSR count). The minimum atomic E-state index is 0.666. The lowest BCUT2D eigenvalue weighted by Gasteiger charge is -2.11. The van der Waals surface area contributed by atoms with Gasteiger partial charge in [0.25, 0.3) is 0 Å². The van der Waals surface area contributed by atoms with Gasteiger partial charge in [0.05, 0.1) is 0 Å². The molecule has 5 heteroatoms. The number of nitrogens with zero attached hydrogens (tertiary/aromatic N) is 1. The lowest BCUT2D eigenvalue weighted by Crippen LogP contribution is -2.19. The van der Waals surface area contributed by atoms with Gasteiger partial charge in [-0.1, -0.05) is 47.5 Å². The fourth-order valence-electron chi connectivity index (χ4n) is 3.35. The van der Waals surface area contributed by atoms with E-state index in [1.807, 2.05) is 25.2 Å². The molecule has 0 saturated heterocycles. The summed E-state index contributed by atoms with van der Waals surface area (Å²) in [5.41, 5.74) is 4.95. The fraction of sp³-hybridized carbons (Fsp3) is 0.333. The third-order valence-electron chi connectivity index (χ3n) is 4.79. The van der Waals surface area contributed by atoms with E-state index in [4.69, 9.17) is 23.2 Å². The summed E-state index contributed by atoms with van der Waals surface area (Å²) in [7, 11) is 1.99. The molecule has 138 valence electrons. The molecule has 0 fully saturated rings. The molecule has 1 heterocycles. The second kappa shape index (κ2) is 8.92. The number of hydrogen-bond acceptors (Lipinski definition) is 2. The number of hydrogen-bond donors (Lipinski definition) is 2. The molecule has 26 heavy (non-hydrogen) atoms. The number of rotatable bonds is 8. The first-order chi connectivity index (χ1) is 12.6. The molecule has 1 aromatic heterocycles. The van der Waals surface area contributed by atoms with Gasteiger partial charge in [-0.25, -0.2) is 0 Å². The maximum atomic E-state index is 6.41. The van der Waals surface area contributed by atoms with Crippen molar-refractivity contribution in [3.63, 3.8) is 0 Å². The number of benzene rings is 2. The van der Waals surface area contributed by atoms with Crippen LogP contribution in [0, 0.1) is 6.92 Å². The van der Waals surface area contributed by atoms with Gasteiger partial charge >= 0.3 is 0 Å². The van der Waals surface area contributed by atoms with E-state index in [2.05, 4.69) is 46.4 Å². The van der Waals surface area contributed by atoms with E-state index in [1.54, 1.807) is 0 Å². The van der Waals surface area contributed by atoms with Gasteiger partial charge in [0.2, 0.25) is 0 Å². The van der Waals surface area contributed by atoms with Gasteiger partial charge < -0.3 is 15.2 Å². The maximum absolute atomic E-state index is 6.41. The smallest absolute Gasteiger partial charge is 0.0493 e. The molecule has 0 amide bonds. The standard InChI is InChI=1S/C21H25Cl2N3/c1-15-19(13-25-11-5-10-24-2)18-6-3-4-7-21(18)26(15)14-16-8-9-17(22)12-20(16)23/h3-4,6-9,12,24-25H,5,10-11,13-14H2,1-2H3. The predicted octanol–water partition coefficient (Wildman–Crippen LogP) is 5.00. The maximum Gasteiger partial charge on any atom is 0.0493 e. The Morgan fingerprint density at radius 1 is 1.04 bits per heavy atom. The number of halogens is 2. The molecule has 0 unspecified atom stereocenters. The Labute approximate surface area is 165 Å². The highest BCUT2D eigenvalue weighted by atomic mass is 35.5. The van der Waals surface area contributed by atoms with Crippen molar-refractivity contribution >= 4 is 34.1 Å². The molecule has 0 spiro atoms. The Hall–Kier alpha value is -1.52. The molecular weight excluding hydrogens is 365 g/mol. The van der Waals surface area contributed by atoms with Crippen LogP contribution in [0.25, 0.3) is 10.9 Å². The average molecular weight is 390 g/mol. The third-order valence-corrected chi connectivity index (χ3v) is 5.37. The van der Waals surface area contributed by atoms with Crippen molar-refractivity contribution in [1.29, 1.82) is 0 Å². The Morgan fingerprint density at radius 3 is 2.62 bits per heavy atom. The lowest BCUT2D eigenvalue weighted by molar-refractivity contribution is 0.623. The number of aromatic nitrogens is 1. The summed E-state index contributed by atoms with van der Waals surface area (Å²) in [6.45, 7) is 5.83. The summed E-state index contributed by atoms with van der Waals surface area (Å²) in [4.78, 5) is 0. The molecule has 0 bridgehead atoms. The first kappa shape index (κ1) is 19.2. The van der Waals surface area contributed by atoms with E-state index < -0.39 is 0 Å². The van der Waals surface area contributed by atoms with E-state index in [9.17, 15) is 0 Å². The van der Waals surface area contributed by atoms with E-state index in [0.29, 0.717) is 10.0 Å². The highest BCUT2D eigenvalue weighted by Gasteiger charge is 2.14. The van der Waals surface area contributed by atoms with E-state index >= 15 is 0 Å².